The maximum Gasteiger partial charge on any atom is 0.123 e. The van der Waals surface area contributed by atoms with Crippen LogP contribution in [0.2, 0.25) is 0 Å². The second-order valence-electron chi connectivity index (χ2n) is 4.69. The van der Waals surface area contributed by atoms with Gasteiger partial charge in [-0.15, -0.1) is 0 Å². The number of nitrogens with zero attached hydrogens (tertiary/aromatic N) is 2. The van der Waals surface area contributed by atoms with Crippen molar-refractivity contribution >= 4 is 0 Å². The lowest BCUT2D eigenvalue weighted by Gasteiger charge is -2.20. The molecule has 1 N–H and O–H groups in total. The second kappa shape index (κ2) is 5.89. The Morgan fingerprint density at radius 3 is 2.26 bits per heavy atom. The van der Waals surface area contributed by atoms with Crippen LogP contribution in [0, 0.1) is 12.7 Å². The van der Waals surface area contributed by atoms with Crippen LogP contribution in [0.5, 0.6) is 0 Å². The topological polar surface area (TPSA) is 37.8 Å². The van der Waals surface area contributed by atoms with E-state index >= 15 is 0 Å². The van der Waals surface area contributed by atoms with E-state index in [1.54, 1.807) is 24.5 Å². The van der Waals surface area contributed by atoms with Crippen molar-refractivity contribution in [1.82, 2.24) is 15.3 Å². The molecule has 19 heavy (non-hydrogen) atoms. The standard InChI is InChI=1S/C15H18FN3/c1-10(13-4-6-14(16)7-5-13)19-12(3)15-11(2)17-8-9-18-15/h4-10,12,19H,1-3H3/t10-,12?/m0/s1. The van der Waals surface area contributed by atoms with Gasteiger partial charge in [0.05, 0.1) is 11.4 Å². The van der Waals surface area contributed by atoms with E-state index in [1.165, 1.54) is 12.1 Å². The molecule has 0 fully saturated rings. The average molecular weight is 259 g/mol. The van der Waals surface area contributed by atoms with Crippen LogP contribution in [0.1, 0.15) is 42.9 Å². The van der Waals surface area contributed by atoms with Gasteiger partial charge in [-0.05, 0) is 38.5 Å². The summed E-state index contributed by atoms with van der Waals surface area (Å²) in [7, 11) is 0. The smallest absolute Gasteiger partial charge is 0.123 e. The number of aryl methyl sites for hydroxylation is 1. The number of aromatic nitrogens is 2. The summed E-state index contributed by atoms with van der Waals surface area (Å²) in [5.41, 5.74) is 2.92. The zero-order chi connectivity index (χ0) is 13.8. The van der Waals surface area contributed by atoms with Crippen molar-refractivity contribution in [2.75, 3.05) is 0 Å². The first-order valence-electron chi connectivity index (χ1n) is 6.37. The Morgan fingerprint density at radius 2 is 1.63 bits per heavy atom. The third kappa shape index (κ3) is 3.35. The Bertz CT molecular complexity index is 539. The quantitative estimate of drug-likeness (QED) is 0.915. The van der Waals surface area contributed by atoms with Crippen molar-refractivity contribution in [2.45, 2.75) is 32.9 Å². The molecule has 1 heterocycles. The highest BCUT2D eigenvalue weighted by molar-refractivity contribution is 5.20. The number of rotatable bonds is 4. The fourth-order valence-electron chi connectivity index (χ4n) is 2.15. The molecule has 0 aliphatic heterocycles. The van der Waals surface area contributed by atoms with Gasteiger partial charge >= 0.3 is 0 Å². The number of halogens is 1. The van der Waals surface area contributed by atoms with E-state index in [-0.39, 0.29) is 17.9 Å². The van der Waals surface area contributed by atoms with Gasteiger partial charge in [-0.3, -0.25) is 9.97 Å². The molecule has 0 saturated heterocycles. The molecule has 0 radical (unpaired) electrons. The van der Waals surface area contributed by atoms with Crippen LogP contribution in [-0.4, -0.2) is 9.97 Å². The van der Waals surface area contributed by atoms with Crippen LogP contribution in [0.3, 0.4) is 0 Å². The fourth-order valence-corrected chi connectivity index (χ4v) is 2.15. The number of nitrogens with one attached hydrogen (secondary N) is 1. The maximum absolute atomic E-state index is 12.9. The summed E-state index contributed by atoms with van der Waals surface area (Å²) in [5, 5.41) is 3.45. The van der Waals surface area contributed by atoms with Gasteiger partial charge in [-0.1, -0.05) is 12.1 Å². The van der Waals surface area contributed by atoms with Crippen LogP contribution in [-0.2, 0) is 0 Å². The summed E-state index contributed by atoms with van der Waals surface area (Å²) in [4.78, 5) is 8.59. The Hall–Kier alpha value is -1.81. The summed E-state index contributed by atoms with van der Waals surface area (Å²) in [6.45, 7) is 6.05. The van der Waals surface area contributed by atoms with Gasteiger partial charge in [-0.25, -0.2) is 4.39 Å². The molecule has 3 nitrogen and oxygen atoms in total. The van der Waals surface area contributed by atoms with Gasteiger partial charge in [0.15, 0.2) is 0 Å². The van der Waals surface area contributed by atoms with Crippen molar-refractivity contribution in [2.24, 2.45) is 0 Å². The number of hydrogen-bond donors (Lipinski definition) is 1. The van der Waals surface area contributed by atoms with Crippen LogP contribution < -0.4 is 5.32 Å². The SMILES string of the molecule is Cc1nccnc1C(C)N[C@@H](C)c1ccc(F)cc1. The van der Waals surface area contributed by atoms with E-state index in [1.807, 2.05) is 6.92 Å². The van der Waals surface area contributed by atoms with Gasteiger partial charge in [0.25, 0.3) is 0 Å². The van der Waals surface area contributed by atoms with Crippen LogP contribution >= 0.6 is 0 Å². The fraction of sp³-hybridized carbons (Fsp3) is 0.333. The highest BCUT2D eigenvalue weighted by atomic mass is 19.1. The van der Waals surface area contributed by atoms with E-state index in [0.29, 0.717) is 0 Å². The van der Waals surface area contributed by atoms with Crippen molar-refractivity contribution in [3.05, 3.63) is 59.4 Å². The first-order chi connectivity index (χ1) is 9.08. The molecule has 0 aliphatic rings. The van der Waals surface area contributed by atoms with E-state index in [0.717, 1.165) is 17.0 Å². The minimum atomic E-state index is -0.214. The molecule has 4 heteroatoms. The molecular weight excluding hydrogens is 241 g/mol. The molecule has 2 atom stereocenters. The van der Waals surface area contributed by atoms with E-state index in [9.17, 15) is 4.39 Å². The Morgan fingerprint density at radius 1 is 1.00 bits per heavy atom. The molecule has 100 valence electrons. The minimum absolute atomic E-state index is 0.0914. The molecule has 1 aromatic heterocycles. The van der Waals surface area contributed by atoms with Crippen molar-refractivity contribution in [1.29, 1.82) is 0 Å². The van der Waals surface area contributed by atoms with Crippen LogP contribution in [0.15, 0.2) is 36.7 Å². The zero-order valence-corrected chi connectivity index (χ0v) is 11.4. The van der Waals surface area contributed by atoms with Gasteiger partial charge in [0, 0.05) is 24.5 Å². The van der Waals surface area contributed by atoms with Crippen LogP contribution in [0.25, 0.3) is 0 Å². The zero-order valence-electron chi connectivity index (χ0n) is 11.4. The third-order valence-corrected chi connectivity index (χ3v) is 3.20. The van der Waals surface area contributed by atoms with Crippen molar-refractivity contribution in [3.63, 3.8) is 0 Å². The van der Waals surface area contributed by atoms with Gasteiger partial charge in [0.1, 0.15) is 5.82 Å². The summed E-state index contributed by atoms with van der Waals surface area (Å²) in [6, 6.07) is 6.76. The Labute approximate surface area is 112 Å². The predicted molar refractivity (Wildman–Crippen MR) is 73.1 cm³/mol. The Balaban J connectivity index is 2.08. The summed E-state index contributed by atoms with van der Waals surface area (Å²) < 4.78 is 12.9. The lowest BCUT2D eigenvalue weighted by molar-refractivity contribution is 0.482. The molecule has 0 amide bonds. The van der Waals surface area contributed by atoms with Crippen molar-refractivity contribution < 1.29 is 4.39 Å². The van der Waals surface area contributed by atoms with Gasteiger partial charge < -0.3 is 5.32 Å². The largest absolute Gasteiger partial charge is 0.302 e. The molecule has 2 rings (SSSR count). The first-order valence-corrected chi connectivity index (χ1v) is 6.37. The summed E-state index contributed by atoms with van der Waals surface area (Å²) >= 11 is 0. The van der Waals surface area contributed by atoms with Gasteiger partial charge in [0.2, 0.25) is 0 Å². The van der Waals surface area contributed by atoms with E-state index in [2.05, 4.69) is 29.1 Å². The molecular formula is C15H18FN3. The van der Waals surface area contributed by atoms with Gasteiger partial charge in [-0.2, -0.15) is 0 Å². The summed E-state index contributed by atoms with van der Waals surface area (Å²) in [6.07, 6.45) is 3.39. The summed E-state index contributed by atoms with van der Waals surface area (Å²) in [5.74, 6) is -0.214. The molecule has 0 spiro atoms. The van der Waals surface area contributed by atoms with Crippen molar-refractivity contribution in [3.8, 4) is 0 Å². The van der Waals surface area contributed by atoms with Crippen LogP contribution in [0.4, 0.5) is 4.39 Å². The maximum atomic E-state index is 12.9. The first kappa shape index (κ1) is 13.6. The molecule has 1 aromatic carbocycles. The monoisotopic (exact) mass is 259 g/mol. The molecule has 0 aliphatic carbocycles. The lowest BCUT2D eigenvalue weighted by Crippen LogP contribution is -2.24. The molecule has 1 unspecified atom stereocenters. The molecule has 2 aromatic rings. The number of benzene rings is 1. The normalized spacial score (nSPS) is 14.1. The molecule has 0 bridgehead atoms. The second-order valence-corrected chi connectivity index (χ2v) is 4.69. The average Bonchev–Trinajstić information content (AvgIpc) is 2.39. The highest BCUT2D eigenvalue weighted by Crippen LogP contribution is 2.19. The number of hydrogen-bond acceptors (Lipinski definition) is 3. The lowest BCUT2D eigenvalue weighted by atomic mass is 10.1. The van der Waals surface area contributed by atoms with E-state index in [4.69, 9.17) is 0 Å². The molecule has 0 saturated carbocycles. The third-order valence-electron chi connectivity index (χ3n) is 3.20. The highest BCUT2D eigenvalue weighted by Gasteiger charge is 2.14. The Kier molecular flexibility index (Phi) is 4.22. The minimum Gasteiger partial charge on any atom is -0.302 e. The predicted octanol–water partition coefficient (Wildman–Crippen LogP) is 3.34. The van der Waals surface area contributed by atoms with E-state index < -0.39 is 0 Å².